The molecule has 1 heterocycles. The van der Waals surface area contributed by atoms with Crippen molar-refractivity contribution in [1.29, 1.82) is 0 Å². The van der Waals surface area contributed by atoms with Crippen LogP contribution in [-0.2, 0) is 0 Å². The Labute approximate surface area is 92.5 Å². The maximum atomic E-state index is 13.1. The number of hydrogen-bond acceptors (Lipinski definition) is 2. The average molecular weight is 218 g/mol. The van der Waals surface area contributed by atoms with Crippen molar-refractivity contribution in [3.05, 3.63) is 47.0 Å². The van der Waals surface area contributed by atoms with Gasteiger partial charge < -0.3 is 0 Å². The molecular weight excluding hydrogens is 207 g/mol. The van der Waals surface area contributed by atoms with E-state index in [1.807, 2.05) is 0 Å². The standard InChI is InChI=1S/C12H11FN2O/c1-8-12(7-16)9(2)15(14-8)11-5-3-4-10(13)6-11/h3-7H,1-2H3. The summed E-state index contributed by atoms with van der Waals surface area (Å²) in [7, 11) is 0. The zero-order valence-electron chi connectivity index (χ0n) is 9.07. The quantitative estimate of drug-likeness (QED) is 0.725. The molecule has 0 aliphatic rings. The van der Waals surface area contributed by atoms with Gasteiger partial charge in [0.25, 0.3) is 0 Å². The van der Waals surface area contributed by atoms with E-state index in [9.17, 15) is 9.18 Å². The van der Waals surface area contributed by atoms with Crippen LogP contribution in [0.5, 0.6) is 0 Å². The molecule has 1 aromatic heterocycles. The van der Waals surface area contributed by atoms with Crippen molar-refractivity contribution in [3.8, 4) is 5.69 Å². The second-order valence-electron chi connectivity index (χ2n) is 3.59. The summed E-state index contributed by atoms with van der Waals surface area (Å²) in [4.78, 5) is 10.8. The van der Waals surface area contributed by atoms with Gasteiger partial charge in [0.1, 0.15) is 5.82 Å². The Kier molecular flexibility index (Phi) is 2.56. The maximum Gasteiger partial charge on any atom is 0.153 e. The van der Waals surface area contributed by atoms with Crippen LogP contribution < -0.4 is 0 Å². The van der Waals surface area contributed by atoms with E-state index >= 15 is 0 Å². The summed E-state index contributed by atoms with van der Waals surface area (Å²) >= 11 is 0. The van der Waals surface area contributed by atoms with Gasteiger partial charge in [0, 0.05) is 0 Å². The fourth-order valence-electron chi connectivity index (χ4n) is 1.68. The van der Waals surface area contributed by atoms with E-state index in [0.717, 1.165) is 12.0 Å². The normalized spacial score (nSPS) is 10.4. The second-order valence-corrected chi connectivity index (χ2v) is 3.59. The molecule has 0 bridgehead atoms. The molecule has 16 heavy (non-hydrogen) atoms. The van der Waals surface area contributed by atoms with Crippen molar-refractivity contribution in [1.82, 2.24) is 9.78 Å². The van der Waals surface area contributed by atoms with E-state index in [2.05, 4.69) is 5.10 Å². The van der Waals surface area contributed by atoms with Crippen LogP contribution in [0.3, 0.4) is 0 Å². The molecule has 0 spiro atoms. The van der Waals surface area contributed by atoms with Crippen LogP contribution in [0.4, 0.5) is 4.39 Å². The number of aromatic nitrogens is 2. The number of hydrogen-bond donors (Lipinski definition) is 0. The molecule has 0 aliphatic heterocycles. The van der Waals surface area contributed by atoms with Gasteiger partial charge in [-0.05, 0) is 32.0 Å². The maximum absolute atomic E-state index is 13.1. The number of benzene rings is 1. The monoisotopic (exact) mass is 218 g/mol. The Bertz CT molecular complexity index is 546. The molecule has 82 valence electrons. The molecular formula is C12H11FN2O. The van der Waals surface area contributed by atoms with E-state index in [-0.39, 0.29) is 5.82 Å². The van der Waals surface area contributed by atoms with Crippen molar-refractivity contribution in [2.75, 3.05) is 0 Å². The van der Waals surface area contributed by atoms with Gasteiger partial charge >= 0.3 is 0 Å². The first-order valence-corrected chi connectivity index (χ1v) is 4.91. The second kappa shape index (κ2) is 3.89. The first-order valence-electron chi connectivity index (χ1n) is 4.91. The van der Waals surface area contributed by atoms with Gasteiger partial charge in [-0.1, -0.05) is 6.07 Å². The molecule has 0 saturated heterocycles. The Hall–Kier alpha value is -1.97. The van der Waals surface area contributed by atoms with Crippen molar-refractivity contribution in [3.63, 3.8) is 0 Å². The molecule has 0 aliphatic carbocycles. The lowest BCUT2D eigenvalue weighted by Crippen LogP contribution is -1.99. The number of carbonyl (C=O) groups is 1. The van der Waals surface area contributed by atoms with Crippen molar-refractivity contribution in [2.45, 2.75) is 13.8 Å². The molecule has 3 nitrogen and oxygen atoms in total. The van der Waals surface area contributed by atoms with E-state index in [4.69, 9.17) is 0 Å². The largest absolute Gasteiger partial charge is 0.298 e. The van der Waals surface area contributed by atoms with E-state index < -0.39 is 0 Å². The highest BCUT2D eigenvalue weighted by Crippen LogP contribution is 2.16. The molecule has 0 unspecified atom stereocenters. The molecule has 4 heteroatoms. The van der Waals surface area contributed by atoms with Crippen LogP contribution >= 0.6 is 0 Å². The summed E-state index contributed by atoms with van der Waals surface area (Å²) in [6.45, 7) is 3.54. The molecule has 0 saturated carbocycles. The highest BCUT2D eigenvalue weighted by molar-refractivity contribution is 5.78. The Morgan fingerprint density at radius 2 is 2.12 bits per heavy atom. The summed E-state index contributed by atoms with van der Waals surface area (Å²) < 4.78 is 14.6. The fraction of sp³-hybridized carbons (Fsp3) is 0.167. The minimum atomic E-state index is -0.322. The zero-order chi connectivity index (χ0) is 11.7. The number of aldehydes is 1. The highest BCUT2D eigenvalue weighted by atomic mass is 19.1. The van der Waals surface area contributed by atoms with Gasteiger partial charge in [-0.2, -0.15) is 5.10 Å². The number of carbonyl (C=O) groups excluding carboxylic acids is 1. The lowest BCUT2D eigenvalue weighted by Gasteiger charge is -2.03. The predicted molar refractivity (Wildman–Crippen MR) is 58.4 cm³/mol. The van der Waals surface area contributed by atoms with Gasteiger partial charge in [-0.15, -0.1) is 0 Å². The van der Waals surface area contributed by atoms with E-state index in [1.165, 1.54) is 12.1 Å². The van der Waals surface area contributed by atoms with Gasteiger partial charge in [0.2, 0.25) is 0 Å². The molecule has 0 radical (unpaired) electrons. The summed E-state index contributed by atoms with van der Waals surface area (Å²) in [6, 6.07) is 6.11. The van der Waals surface area contributed by atoms with Crippen LogP contribution in [0, 0.1) is 19.7 Å². The van der Waals surface area contributed by atoms with Crippen LogP contribution in [0.25, 0.3) is 5.69 Å². The first-order chi connectivity index (χ1) is 7.63. The van der Waals surface area contributed by atoms with Crippen LogP contribution in [-0.4, -0.2) is 16.1 Å². The van der Waals surface area contributed by atoms with Crippen LogP contribution in [0.1, 0.15) is 21.7 Å². The molecule has 2 rings (SSSR count). The molecule has 0 N–H and O–H groups in total. The van der Waals surface area contributed by atoms with Crippen molar-refractivity contribution >= 4 is 6.29 Å². The third kappa shape index (κ3) is 1.62. The summed E-state index contributed by atoms with van der Waals surface area (Å²) in [6.07, 6.45) is 0.771. The van der Waals surface area contributed by atoms with Gasteiger partial charge in [-0.3, -0.25) is 4.79 Å². The molecule has 2 aromatic rings. The molecule has 0 fully saturated rings. The van der Waals surface area contributed by atoms with Gasteiger partial charge in [-0.25, -0.2) is 9.07 Å². The third-order valence-corrected chi connectivity index (χ3v) is 2.52. The predicted octanol–water partition coefficient (Wildman–Crippen LogP) is 2.44. The van der Waals surface area contributed by atoms with Crippen LogP contribution in [0.15, 0.2) is 24.3 Å². The van der Waals surface area contributed by atoms with E-state index in [1.54, 1.807) is 30.7 Å². The minimum Gasteiger partial charge on any atom is -0.298 e. The fourth-order valence-corrected chi connectivity index (χ4v) is 1.68. The zero-order valence-corrected chi connectivity index (χ0v) is 9.07. The Morgan fingerprint density at radius 3 is 2.69 bits per heavy atom. The minimum absolute atomic E-state index is 0.322. The number of aryl methyl sites for hydroxylation is 1. The average Bonchev–Trinajstić information content (AvgIpc) is 2.54. The summed E-state index contributed by atoms with van der Waals surface area (Å²) in [5.41, 5.74) is 2.55. The highest BCUT2D eigenvalue weighted by Gasteiger charge is 2.11. The van der Waals surface area contributed by atoms with Crippen molar-refractivity contribution in [2.24, 2.45) is 0 Å². The first kappa shape index (κ1) is 10.5. The number of nitrogens with zero attached hydrogens (tertiary/aromatic N) is 2. The summed E-state index contributed by atoms with van der Waals surface area (Å²) in [5, 5.41) is 4.21. The van der Waals surface area contributed by atoms with E-state index in [0.29, 0.717) is 16.9 Å². The molecule has 0 amide bonds. The SMILES string of the molecule is Cc1nn(-c2cccc(F)c2)c(C)c1C=O. The Morgan fingerprint density at radius 1 is 1.38 bits per heavy atom. The lowest BCUT2D eigenvalue weighted by molar-refractivity contribution is 0.112. The third-order valence-electron chi connectivity index (χ3n) is 2.52. The topological polar surface area (TPSA) is 34.9 Å². The molecule has 0 atom stereocenters. The molecule has 1 aromatic carbocycles. The number of halogens is 1. The summed E-state index contributed by atoms with van der Waals surface area (Å²) in [5.74, 6) is -0.322. The Balaban J connectivity index is 2.61. The van der Waals surface area contributed by atoms with Gasteiger partial charge in [0.05, 0.1) is 22.6 Å². The van der Waals surface area contributed by atoms with Gasteiger partial charge in [0.15, 0.2) is 6.29 Å². The van der Waals surface area contributed by atoms with Crippen LogP contribution in [0.2, 0.25) is 0 Å². The van der Waals surface area contributed by atoms with Crippen molar-refractivity contribution < 1.29 is 9.18 Å². The lowest BCUT2D eigenvalue weighted by atomic mass is 10.2. The number of rotatable bonds is 2. The smallest absolute Gasteiger partial charge is 0.153 e.